The summed E-state index contributed by atoms with van der Waals surface area (Å²) in [6.45, 7) is 5.70. The van der Waals surface area contributed by atoms with Crippen molar-refractivity contribution in [3.8, 4) is 0 Å². The number of aliphatic hydroxyl groups excluding tert-OH is 5. The summed E-state index contributed by atoms with van der Waals surface area (Å²) in [5, 5.41) is 57.0. The molecule has 1 amide bonds. The predicted octanol–water partition coefficient (Wildman–Crippen LogP) is 15.1. The van der Waals surface area contributed by atoms with Crippen LogP contribution in [0, 0.1) is 0 Å². The van der Waals surface area contributed by atoms with Crippen LogP contribution < -0.4 is 5.32 Å². The first kappa shape index (κ1) is 72.6. The Kier molecular flexibility index (Phi) is 50.4. The van der Waals surface area contributed by atoms with E-state index in [1.165, 1.54) is 89.9 Å². The van der Waals surface area contributed by atoms with Gasteiger partial charge in [0.15, 0.2) is 12.4 Å². The number of hydrogen-bond donors (Lipinski definition) is 6. The SMILES string of the molecule is CCCCC/C=C\C/C=C\C/C=C\C/C=C\CCCCCCC(O)C(=O)NC(COC1OC(CO)C(O)C(O)C1OC(=O)CCCCCC/C=C\C/C=C\C/C=C\CCCCC)C(O)/C=C/CCCCCCCCCCCC. The van der Waals surface area contributed by atoms with Crippen molar-refractivity contribution in [2.45, 2.75) is 301 Å². The molecule has 1 heterocycles. The maximum Gasteiger partial charge on any atom is 0.306 e. The molecular weight excluding hydrogens is 979 g/mol. The molecule has 11 nitrogen and oxygen atoms in total. The molecule has 11 heteroatoms. The lowest BCUT2D eigenvalue weighted by Gasteiger charge is -2.41. The zero-order valence-electron chi connectivity index (χ0n) is 49.5. The van der Waals surface area contributed by atoms with Crippen molar-refractivity contribution in [1.29, 1.82) is 0 Å². The van der Waals surface area contributed by atoms with Crippen molar-refractivity contribution in [2.75, 3.05) is 13.2 Å². The topological polar surface area (TPSA) is 175 Å². The van der Waals surface area contributed by atoms with Gasteiger partial charge in [-0.05, 0) is 109 Å². The zero-order chi connectivity index (χ0) is 56.8. The average Bonchev–Trinajstić information content (AvgIpc) is 3.44. The van der Waals surface area contributed by atoms with E-state index in [2.05, 4.69) is 111 Å². The molecule has 1 aliphatic rings. The number of aliphatic hydroxyl groups is 5. The van der Waals surface area contributed by atoms with Crippen molar-refractivity contribution in [2.24, 2.45) is 0 Å². The number of unbranched alkanes of at least 4 members (excludes halogenated alkanes) is 24. The molecule has 1 saturated heterocycles. The fourth-order valence-corrected chi connectivity index (χ4v) is 9.17. The molecule has 1 rings (SSSR count). The highest BCUT2D eigenvalue weighted by molar-refractivity contribution is 5.80. The van der Waals surface area contributed by atoms with Crippen molar-refractivity contribution >= 4 is 11.9 Å². The highest BCUT2D eigenvalue weighted by Gasteiger charge is 2.47. The fourth-order valence-electron chi connectivity index (χ4n) is 9.17. The van der Waals surface area contributed by atoms with E-state index >= 15 is 0 Å². The number of amides is 1. The second-order valence-electron chi connectivity index (χ2n) is 21.4. The van der Waals surface area contributed by atoms with Crippen LogP contribution in [-0.2, 0) is 23.8 Å². The third-order valence-electron chi connectivity index (χ3n) is 14.2. The van der Waals surface area contributed by atoms with Gasteiger partial charge in [0.2, 0.25) is 5.91 Å². The lowest BCUT2D eigenvalue weighted by molar-refractivity contribution is -0.305. The van der Waals surface area contributed by atoms with Gasteiger partial charge in [-0.3, -0.25) is 9.59 Å². The summed E-state index contributed by atoms with van der Waals surface area (Å²) >= 11 is 0. The normalized spacial score (nSPS) is 19.6. The average molecular weight is 1090 g/mol. The van der Waals surface area contributed by atoms with Crippen molar-refractivity contribution < 1.29 is 49.3 Å². The van der Waals surface area contributed by atoms with Gasteiger partial charge in [-0.15, -0.1) is 0 Å². The van der Waals surface area contributed by atoms with Crippen LogP contribution in [0.5, 0.6) is 0 Å². The molecule has 0 aromatic heterocycles. The van der Waals surface area contributed by atoms with E-state index in [9.17, 15) is 35.1 Å². The molecule has 8 unspecified atom stereocenters. The molecule has 0 aromatic carbocycles. The minimum atomic E-state index is -1.63. The minimum Gasteiger partial charge on any atom is -0.454 e. The maximum absolute atomic E-state index is 13.4. The largest absolute Gasteiger partial charge is 0.454 e. The van der Waals surface area contributed by atoms with E-state index in [1.54, 1.807) is 6.08 Å². The van der Waals surface area contributed by atoms with Gasteiger partial charge in [-0.25, -0.2) is 0 Å². The minimum absolute atomic E-state index is 0.0909. The molecule has 0 aromatic rings. The molecule has 78 heavy (non-hydrogen) atoms. The van der Waals surface area contributed by atoms with Crippen LogP contribution in [0.2, 0.25) is 0 Å². The van der Waals surface area contributed by atoms with E-state index in [0.717, 1.165) is 116 Å². The summed E-state index contributed by atoms with van der Waals surface area (Å²) in [5.74, 6) is -1.24. The third kappa shape index (κ3) is 41.6. The highest BCUT2D eigenvalue weighted by Crippen LogP contribution is 2.26. The Bertz CT molecular complexity index is 1630. The predicted molar refractivity (Wildman–Crippen MR) is 324 cm³/mol. The van der Waals surface area contributed by atoms with Crippen molar-refractivity contribution in [3.63, 3.8) is 0 Å². The summed E-state index contributed by atoms with van der Waals surface area (Å²) < 4.78 is 17.6. The molecular formula is C67H115NO10. The second-order valence-corrected chi connectivity index (χ2v) is 21.4. The van der Waals surface area contributed by atoms with Gasteiger partial charge in [-0.2, -0.15) is 0 Å². The fraction of sp³-hybridized carbons (Fsp3) is 0.731. The summed E-state index contributed by atoms with van der Waals surface area (Å²) in [7, 11) is 0. The van der Waals surface area contributed by atoms with Gasteiger partial charge in [-0.1, -0.05) is 234 Å². The first-order valence-corrected chi connectivity index (χ1v) is 31.5. The smallest absolute Gasteiger partial charge is 0.306 e. The van der Waals surface area contributed by atoms with Crippen LogP contribution in [0.15, 0.2) is 97.2 Å². The number of carbonyl (C=O) groups excluding carboxylic acids is 2. The van der Waals surface area contributed by atoms with Gasteiger partial charge in [0, 0.05) is 6.42 Å². The van der Waals surface area contributed by atoms with Crippen LogP contribution in [0.1, 0.15) is 252 Å². The number of carbonyl (C=O) groups is 2. The Balaban J connectivity index is 2.72. The Hall–Kier alpha value is -3.42. The van der Waals surface area contributed by atoms with Gasteiger partial charge in [0.25, 0.3) is 0 Å². The Morgan fingerprint density at radius 2 is 0.885 bits per heavy atom. The van der Waals surface area contributed by atoms with Crippen molar-refractivity contribution in [3.05, 3.63) is 97.2 Å². The molecule has 0 aliphatic carbocycles. The molecule has 0 bridgehead atoms. The van der Waals surface area contributed by atoms with E-state index in [4.69, 9.17) is 14.2 Å². The number of rotatable bonds is 52. The summed E-state index contributed by atoms with van der Waals surface area (Å²) in [6, 6.07) is -1.04. The molecule has 0 spiro atoms. The quantitative estimate of drug-likeness (QED) is 0.0195. The van der Waals surface area contributed by atoms with Crippen LogP contribution in [-0.4, -0.2) is 99.6 Å². The van der Waals surface area contributed by atoms with Gasteiger partial charge in [0.1, 0.15) is 24.4 Å². The zero-order valence-corrected chi connectivity index (χ0v) is 49.5. The molecule has 1 fully saturated rings. The number of allylic oxidation sites excluding steroid dienone is 15. The van der Waals surface area contributed by atoms with E-state index in [-0.39, 0.29) is 19.4 Å². The molecule has 448 valence electrons. The molecule has 0 saturated carbocycles. The molecule has 8 atom stereocenters. The monoisotopic (exact) mass is 1090 g/mol. The van der Waals surface area contributed by atoms with Gasteiger partial charge < -0.3 is 45.1 Å². The highest BCUT2D eigenvalue weighted by atomic mass is 16.7. The summed E-state index contributed by atoms with van der Waals surface area (Å²) in [5.41, 5.74) is 0. The first-order chi connectivity index (χ1) is 38.2. The molecule has 0 radical (unpaired) electrons. The standard InChI is InChI=1S/C67H115NO10/c1-4-7-10-13-16-19-22-25-27-29-30-31-33-34-36-39-42-45-48-51-54-60(71)66(75)68-58(59(70)53-50-47-44-41-38-24-21-18-15-12-9-6-3)57-76-67-65(64(74)63(73)61(56-69)77-67)78-62(72)55-52-49-46-43-40-37-35-32-28-26-23-20-17-14-11-8-5-2/h16-17,19-20,25-28,30-31,34-37,50,53,58-61,63-65,67,69-71,73-74H,4-15,18,21-24,29,32-33,38-49,51-52,54-57H2,1-3H3,(H,68,75)/b19-16-,20-17-,27-25-,28-26-,31-30-,36-34-,37-35-,53-50+. The van der Waals surface area contributed by atoms with E-state index in [1.807, 2.05) is 6.08 Å². The van der Waals surface area contributed by atoms with Gasteiger partial charge >= 0.3 is 5.97 Å². The Morgan fingerprint density at radius 1 is 0.500 bits per heavy atom. The van der Waals surface area contributed by atoms with Crippen molar-refractivity contribution in [1.82, 2.24) is 5.32 Å². The molecule has 1 aliphatic heterocycles. The Morgan fingerprint density at radius 3 is 1.35 bits per heavy atom. The number of nitrogens with one attached hydrogen (secondary N) is 1. The van der Waals surface area contributed by atoms with Crippen LogP contribution >= 0.6 is 0 Å². The van der Waals surface area contributed by atoms with E-state index in [0.29, 0.717) is 12.8 Å². The summed E-state index contributed by atoms with van der Waals surface area (Å²) in [6.07, 6.45) is 61.5. The number of ether oxygens (including phenoxy) is 3. The van der Waals surface area contributed by atoms with Gasteiger partial charge in [0.05, 0.1) is 25.4 Å². The maximum atomic E-state index is 13.4. The van der Waals surface area contributed by atoms with Crippen LogP contribution in [0.3, 0.4) is 0 Å². The lowest BCUT2D eigenvalue weighted by atomic mass is 9.99. The lowest BCUT2D eigenvalue weighted by Crippen LogP contribution is -2.61. The first-order valence-electron chi connectivity index (χ1n) is 31.5. The van der Waals surface area contributed by atoms with E-state index < -0.39 is 67.4 Å². The summed E-state index contributed by atoms with van der Waals surface area (Å²) in [4.78, 5) is 26.5. The number of hydrogen-bond acceptors (Lipinski definition) is 10. The second kappa shape index (κ2) is 54.2. The van der Waals surface area contributed by atoms with Crippen LogP contribution in [0.25, 0.3) is 0 Å². The molecule has 6 N–H and O–H groups in total. The van der Waals surface area contributed by atoms with Crippen LogP contribution in [0.4, 0.5) is 0 Å². The third-order valence-corrected chi connectivity index (χ3v) is 14.2. The Labute approximate surface area is 475 Å². The number of esters is 1.